The highest BCUT2D eigenvalue weighted by atomic mass is 32.2. The first-order valence-corrected chi connectivity index (χ1v) is 10.8. The first-order chi connectivity index (χ1) is 13.2. The Morgan fingerprint density at radius 2 is 1.82 bits per heavy atom. The lowest BCUT2D eigenvalue weighted by molar-refractivity contribution is -0.117. The molecule has 1 fully saturated rings. The molecule has 148 valence electrons. The molecule has 0 bridgehead atoms. The summed E-state index contributed by atoms with van der Waals surface area (Å²) in [5.74, 6) is -0.230. The second-order valence-corrected chi connectivity index (χ2v) is 8.90. The van der Waals surface area contributed by atoms with Crippen molar-refractivity contribution in [1.82, 2.24) is 0 Å². The number of amides is 2. The van der Waals surface area contributed by atoms with Crippen LogP contribution in [0.2, 0.25) is 0 Å². The average Bonchev–Trinajstić information content (AvgIpc) is 3.07. The number of nitrogens with zero attached hydrogens (tertiary/aromatic N) is 2. The minimum Gasteiger partial charge on any atom is -0.322 e. The zero-order valence-corrected chi connectivity index (χ0v) is 16.9. The number of hydrogen-bond donors (Lipinski definition) is 1. The number of benzene rings is 2. The lowest BCUT2D eigenvalue weighted by Gasteiger charge is -2.20. The molecule has 0 spiro atoms. The van der Waals surface area contributed by atoms with E-state index < -0.39 is 10.0 Å². The molecular formula is C20H23N3O4S. The van der Waals surface area contributed by atoms with E-state index in [-0.39, 0.29) is 11.8 Å². The number of anilines is 3. The predicted octanol–water partition coefficient (Wildman–Crippen LogP) is 2.77. The molecule has 2 aromatic rings. The SMILES string of the molecule is Cc1ccc(C(=O)Nc2ccc(N3CCCC3=O)cc2)cc1N(C)S(C)(=O)=O. The molecule has 2 aromatic carbocycles. The van der Waals surface area contributed by atoms with Gasteiger partial charge in [-0.1, -0.05) is 6.07 Å². The largest absolute Gasteiger partial charge is 0.322 e. The third-order valence-electron chi connectivity index (χ3n) is 4.82. The van der Waals surface area contributed by atoms with Crippen LogP contribution in [-0.4, -0.2) is 40.1 Å². The molecule has 1 heterocycles. The van der Waals surface area contributed by atoms with Crippen LogP contribution in [0, 0.1) is 6.92 Å². The molecular weight excluding hydrogens is 378 g/mol. The van der Waals surface area contributed by atoms with Gasteiger partial charge in [-0.2, -0.15) is 0 Å². The molecule has 7 nitrogen and oxygen atoms in total. The average molecular weight is 401 g/mol. The Balaban J connectivity index is 1.77. The predicted molar refractivity (Wildman–Crippen MR) is 110 cm³/mol. The maximum Gasteiger partial charge on any atom is 0.255 e. The number of nitrogens with one attached hydrogen (secondary N) is 1. The highest BCUT2D eigenvalue weighted by Gasteiger charge is 2.21. The van der Waals surface area contributed by atoms with Crippen molar-refractivity contribution >= 4 is 38.9 Å². The maximum absolute atomic E-state index is 12.6. The summed E-state index contributed by atoms with van der Waals surface area (Å²) in [4.78, 5) is 26.2. The van der Waals surface area contributed by atoms with Crippen LogP contribution in [0.5, 0.6) is 0 Å². The highest BCUT2D eigenvalue weighted by molar-refractivity contribution is 7.92. The molecule has 1 N–H and O–H groups in total. The second-order valence-electron chi connectivity index (χ2n) is 6.88. The Bertz CT molecular complexity index is 1020. The highest BCUT2D eigenvalue weighted by Crippen LogP contribution is 2.25. The number of carbonyl (C=O) groups is 2. The lowest BCUT2D eigenvalue weighted by Crippen LogP contribution is -2.26. The third kappa shape index (κ3) is 4.17. The van der Waals surface area contributed by atoms with E-state index >= 15 is 0 Å². The van der Waals surface area contributed by atoms with Crippen LogP contribution < -0.4 is 14.5 Å². The summed E-state index contributed by atoms with van der Waals surface area (Å²) < 4.78 is 24.8. The minimum absolute atomic E-state index is 0.110. The van der Waals surface area contributed by atoms with E-state index in [1.165, 1.54) is 7.05 Å². The van der Waals surface area contributed by atoms with E-state index in [2.05, 4.69) is 5.32 Å². The van der Waals surface area contributed by atoms with Gasteiger partial charge in [0.25, 0.3) is 5.91 Å². The maximum atomic E-state index is 12.6. The summed E-state index contributed by atoms with van der Waals surface area (Å²) in [6, 6.07) is 12.0. The number of aryl methyl sites for hydroxylation is 1. The monoisotopic (exact) mass is 401 g/mol. The van der Waals surface area contributed by atoms with Crippen molar-refractivity contribution in [2.24, 2.45) is 0 Å². The van der Waals surface area contributed by atoms with Gasteiger partial charge in [0, 0.05) is 37.0 Å². The molecule has 0 aromatic heterocycles. The fourth-order valence-corrected chi connectivity index (χ4v) is 3.67. The summed E-state index contributed by atoms with van der Waals surface area (Å²) in [5, 5.41) is 2.80. The number of hydrogen-bond acceptors (Lipinski definition) is 4. The van der Waals surface area contributed by atoms with Crippen molar-refractivity contribution < 1.29 is 18.0 Å². The number of sulfonamides is 1. The van der Waals surface area contributed by atoms with Crippen molar-refractivity contribution in [1.29, 1.82) is 0 Å². The van der Waals surface area contributed by atoms with Crippen LogP contribution in [0.25, 0.3) is 0 Å². The van der Waals surface area contributed by atoms with E-state index in [1.54, 1.807) is 54.3 Å². The molecule has 2 amide bonds. The zero-order valence-electron chi connectivity index (χ0n) is 16.1. The van der Waals surface area contributed by atoms with Gasteiger partial charge in [0.05, 0.1) is 11.9 Å². The quantitative estimate of drug-likeness (QED) is 0.835. The van der Waals surface area contributed by atoms with Gasteiger partial charge in [-0.05, 0) is 55.3 Å². The minimum atomic E-state index is -3.43. The Kier molecular flexibility index (Phi) is 5.42. The molecule has 1 aliphatic rings. The molecule has 0 atom stereocenters. The Labute approximate surface area is 165 Å². The van der Waals surface area contributed by atoms with Gasteiger partial charge in [0.1, 0.15) is 0 Å². The zero-order chi connectivity index (χ0) is 20.5. The van der Waals surface area contributed by atoms with Gasteiger partial charge in [0.15, 0.2) is 0 Å². The van der Waals surface area contributed by atoms with Gasteiger partial charge < -0.3 is 10.2 Å². The normalized spacial score (nSPS) is 14.2. The molecule has 1 saturated heterocycles. The van der Waals surface area contributed by atoms with Gasteiger partial charge in [0.2, 0.25) is 15.9 Å². The number of carbonyl (C=O) groups excluding carboxylic acids is 2. The van der Waals surface area contributed by atoms with Gasteiger partial charge in [-0.25, -0.2) is 8.42 Å². The van der Waals surface area contributed by atoms with E-state index in [4.69, 9.17) is 0 Å². The van der Waals surface area contributed by atoms with E-state index in [1.807, 2.05) is 0 Å². The summed E-state index contributed by atoms with van der Waals surface area (Å²) >= 11 is 0. The first kappa shape index (κ1) is 19.9. The molecule has 3 rings (SSSR count). The number of rotatable bonds is 5. The second kappa shape index (κ2) is 7.63. The first-order valence-electron chi connectivity index (χ1n) is 8.93. The molecule has 0 saturated carbocycles. The smallest absolute Gasteiger partial charge is 0.255 e. The summed E-state index contributed by atoms with van der Waals surface area (Å²) in [6.07, 6.45) is 2.54. The molecule has 0 unspecified atom stereocenters. The summed E-state index contributed by atoms with van der Waals surface area (Å²) in [6.45, 7) is 2.50. The topological polar surface area (TPSA) is 86.8 Å². The van der Waals surface area contributed by atoms with Crippen LogP contribution in [0.4, 0.5) is 17.1 Å². The van der Waals surface area contributed by atoms with E-state index in [0.29, 0.717) is 29.9 Å². The Hall–Kier alpha value is -2.87. The third-order valence-corrected chi connectivity index (χ3v) is 6.01. The van der Waals surface area contributed by atoms with E-state index in [9.17, 15) is 18.0 Å². The van der Waals surface area contributed by atoms with Crippen LogP contribution in [0.15, 0.2) is 42.5 Å². The van der Waals surface area contributed by atoms with Crippen LogP contribution >= 0.6 is 0 Å². The Morgan fingerprint density at radius 1 is 1.14 bits per heavy atom. The molecule has 0 radical (unpaired) electrons. The van der Waals surface area contributed by atoms with Crippen LogP contribution in [0.1, 0.15) is 28.8 Å². The molecule has 0 aliphatic carbocycles. The fourth-order valence-electron chi connectivity index (χ4n) is 3.12. The van der Waals surface area contributed by atoms with Crippen molar-refractivity contribution in [3.63, 3.8) is 0 Å². The van der Waals surface area contributed by atoms with Crippen molar-refractivity contribution in [2.45, 2.75) is 19.8 Å². The fraction of sp³-hybridized carbons (Fsp3) is 0.300. The molecule has 28 heavy (non-hydrogen) atoms. The van der Waals surface area contributed by atoms with Gasteiger partial charge in [-0.3, -0.25) is 13.9 Å². The van der Waals surface area contributed by atoms with Gasteiger partial charge in [-0.15, -0.1) is 0 Å². The van der Waals surface area contributed by atoms with Gasteiger partial charge >= 0.3 is 0 Å². The van der Waals surface area contributed by atoms with Crippen LogP contribution in [-0.2, 0) is 14.8 Å². The van der Waals surface area contributed by atoms with Crippen molar-refractivity contribution in [3.8, 4) is 0 Å². The standard InChI is InChI=1S/C20H23N3O4S/c1-14-6-7-15(13-18(14)22(2)28(3,26)27)20(25)21-16-8-10-17(11-9-16)23-12-4-5-19(23)24/h6-11,13H,4-5,12H2,1-3H3,(H,21,25). The molecule has 1 aliphatic heterocycles. The lowest BCUT2D eigenvalue weighted by atomic mass is 10.1. The summed E-state index contributed by atoms with van der Waals surface area (Å²) in [7, 11) is -1.97. The van der Waals surface area contributed by atoms with E-state index in [0.717, 1.165) is 28.2 Å². The van der Waals surface area contributed by atoms with Crippen LogP contribution in [0.3, 0.4) is 0 Å². The molecule has 8 heteroatoms. The van der Waals surface area contributed by atoms with Crippen molar-refractivity contribution in [3.05, 3.63) is 53.6 Å². The summed E-state index contributed by atoms with van der Waals surface area (Å²) in [5.41, 5.74) is 2.98. The van der Waals surface area contributed by atoms with Crippen molar-refractivity contribution in [2.75, 3.05) is 34.4 Å². The Morgan fingerprint density at radius 3 is 2.39 bits per heavy atom.